The third-order valence-corrected chi connectivity index (χ3v) is 4.04. The first-order chi connectivity index (χ1) is 10.1. The molecular formula is C16H18O4S. The predicted octanol–water partition coefficient (Wildman–Crippen LogP) is 3.64. The minimum atomic E-state index is -0.0511. The summed E-state index contributed by atoms with van der Waals surface area (Å²) < 4.78 is 16.1. The lowest BCUT2D eigenvalue weighted by molar-refractivity contribution is 0.0917. The van der Waals surface area contributed by atoms with Crippen molar-refractivity contribution in [3.8, 4) is 17.2 Å². The van der Waals surface area contributed by atoms with Gasteiger partial charge in [-0.05, 0) is 32.0 Å². The summed E-state index contributed by atoms with van der Waals surface area (Å²) in [6.07, 6.45) is 0. The molecule has 0 aliphatic heterocycles. The molecule has 2 aromatic rings. The Bertz CT molecular complexity index is 623. The number of hydrogen-bond acceptors (Lipinski definition) is 5. The van der Waals surface area contributed by atoms with Gasteiger partial charge in [-0.1, -0.05) is 6.07 Å². The van der Waals surface area contributed by atoms with E-state index in [1.165, 1.54) is 0 Å². The topological polar surface area (TPSA) is 44.8 Å². The van der Waals surface area contributed by atoms with E-state index in [1.807, 2.05) is 19.9 Å². The summed E-state index contributed by atoms with van der Waals surface area (Å²) in [6, 6.07) is 7.23. The molecule has 0 atom stereocenters. The van der Waals surface area contributed by atoms with Crippen LogP contribution in [0.25, 0.3) is 0 Å². The van der Waals surface area contributed by atoms with Crippen molar-refractivity contribution in [1.82, 2.24) is 0 Å². The van der Waals surface area contributed by atoms with Gasteiger partial charge in [0.05, 0.1) is 14.2 Å². The highest BCUT2D eigenvalue weighted by Gasteiger charge is 2.16. The zero-order valence-corrected chi connectivity index (χ0v) is 13.4. The van der Waals surface area contributed by atoms with Crippen LogP contribution in [-0.2, 0) is 0 Å². The minimum Gasteiger partial charge on any atom is -0.493 e. The second kappa shape index (κ2) is 6.63. The molecule has 1 heterocycles. The van der Waals surface area contributed by atoms with Crippen molar-refractivity contribution < 1.29 is 19.0 Å². The average molecular weight is 306 g/mol. The highest BCUT2D eigenvalue weighted by Crippen LogP contribution is 2.36. The van der Waals surface area contributed by atoms with Crippen LogP contribution in [-0.4, -0.2) is 26.6 Å². The first-order valence-corrected chi connectivity index (χ1v) is 7.32. The van der Waals surface area contributed by atoms with Gasteiger partial charge in [0.25, 0.3) is 0 Å². The van der Waals surface area contributed by atoms with Crippen molar-refractivity contribution in [2.45, 2.75) is 13.8 Å². The van der Waals surface area contributed by atoms with E-state index in [1.54, 1.807) is 43.8 Å². The molecule has 0 spiro atoms. The van der Waals surface area contributed by atoms with E-state index in [9.17, 15) is 4.79 Å². The number of carbonyl (C=O) groups excluding carboxylic acids is 1. The van der Waals surface area contributed by atoms with Gasteiger partial charge >= 0.3 is 0 Å². The molecular weight excluding hydrogens is 288 g/mol. The summed E-state index contributed by atoms with van der Waals surface area (Å²) in [4.78, 5) is 14.4. The lowest BCUT2D eigenvalue weighted by Gasteiger charge is -2.13. The van der Waals surface area contributed by atoms with E-state index in [2.05, 4.69) is 0 Å². The first-order valence-electron chi connectivity index (χ1n) is 6.50. The maximum atomic E-state index is 12.3. The van der Waals surface area contributed by atoms with E-state index in [0.29, 0.717) is 22.8 Å². The standard InChI is InChI=1S/C16H18O4S/c1-10-8-12(11(2)21-10)13(17)9-20-16-14(18-3)6-5-7-15(16)19-4/h5-8H,9H2,1-4H3. The number of thiophene rings is 1. The van der Waals surface area contributed by atoms with Crippen LogP contribution in [0.5, 0.6) is 17.2 Å². The summed E-state index contributed by atoms with van der Waals surface area (Å²) in [5, 5.41) is 0. The Hall–Kier alpha value is -2.01. The monoisotopic (exact) mass is 306 g/mol. The lowest BCUT2D eigenvalue weighted by atomic mass is 10.2. The van der Waals surface area contributed by atoms with E-state index in [-0.39, 0.29) is 12.4 Å². The smallest absolute Gasteiger partial charge is 0.203 e. The fourth-order valence-corrected chi connectivity index (χ4v) is 3.03. The molecule has 5 heteroatoms. The number of carbonyl (C=O) groups is 1. The highest BCUT2D eigenvalue weighted by atomic mass is 32.1. The van der Waals surface area contributed by atoms with Crippen molar-refractivity contribution in [3.63, 3.8) is 0 Å². The van der Waals surface area contributed by atoms with E-state index >= 15 is 0 Å². The number of aryl methyl sites for hydroxylation is 2. The van der Waals surface area contributed by atoms with Crippen LogP contribution in [0.1, 0.15) is 20.1 Å². The molecule has 0 saturated carbocycles. The highest BCUT2D eigenvalue weighted by molar-refractivity contribution is 7.12. The lowest BCUT2D eigenvalue weighted by Crippen LogP contribution is -2.12. The first kappa shape index (κ1) is 15.4. The Kier molecular flexibility index (Phi) is 4.85. The predicted molar refractivity (Wildman–Crippen MR) is 83.2 cm³/mol. The summed E-state index contributed by atoms with van der Waals surface area (Å²) in [5.41, 5.74) is 0.714. The van der Waals surface area contributed by atoms with Gasteiger partial charge in [-0.3, -0.25) is 4.79 Å². The van der Waals surface area contributed by atoms with Crippen LogP contribution < -0.4 is 14.2 Å². The fraction of sp³-hybridized carbons (Fsp3) is 0.312. The minimum absolute atomic E-state index is 0.0479. The maximum absolute atomic E-state index is 12.3. The summed E-state index contributed by atoms with van der Waals surface area (Å²) >= 11 is 1.61. The van der Waals surface area contributed by atoms with Crippen molar-refractivity contribution >= 4 is 17.1 Å². The number of methoxy groups -OCH3 is 2. The molecule has 0 amide bonds. The number of hydrogen-bond donors (Lipinski definition) is 0. The van der Waals surface area contributed by atoms with Crippen molar-refractivity contribution in [2.24, 2.45) is 0 Å². The number of benzene rings is 1. The second-order valence-electron chi connectivity index (χ2n) is 4.53. The van der Waals surface area contributed by atoms with Gasteiger partial charge in [0.1, 0.15) is 0 Å². The normalized spacial score (nSPS) is 10.3. The van der Waals surface area contributed by atoms with Crippen molar-refractivity contribution in [2.75, 3.05) is 20.8 Å². The second-order valence-corrected chi connectivity index (χ2v) is 5.99. The fourth-order valence-electron chi connectivity index (χ4n) is 2.08. The van der Waals surface area contributed by atoms with Crippen LogP contribution in [0, 0.1) is 13.8 Å². The van der Waals surface area contributed by atoms with Crippen LogP contribution in [0.4, 0.5) is 0 Å². The van der Waals surface area contributed by atoms with Crippen LogP contribution >= 0.6 is 11.3 Å². The van der Waals surface area contributed by atoms with Gasteiger partial charge in [-0.15, -0.1) is 11.3 Å². The molecule has 0 unspecified atom stereocenters. The Balaban J connectivity index is 2.16. The largest absolute Gasteiger partial charge is 0.493 e. The summed E-state index contributed by atoms with van der Waals surface area (Å²) in [7, 11) is 3.10. The van der Waals surface area contributed by atoms with E-state index in [0.717, 1.165) is 9.75 Å². The van der Waals surface area contributed by atoms with Gasteiger partial charge in [-0.25, -0.2) is 0 Å². The number of para-hydroxylation sites is 1. The van der Waals surface area contributed by atoms with Crippen molar-refractivity contribution in [3.05, 3.63) is 39.6 Å². The zero-order chi connectivity index (χ0) is 15.4. The molecule has 1 aromatic heterocycles. The molecule has 0 aliphatic carbocycles. The van der Waals surface area contributed by atoms with Crippen LogP contribution in [0.3, 0.4) is 0 Å². The van der Waals surface area contributed by atoms with E-state index in [4.69, 9.17) is 14.2 Å². The molecule has 4 nitrogen and oxygen atoms in total. The van der Waals surface area contributed by atoms with Gasteiger partial charge in [0, 0.05) is 15.3 Å². The Labute approximate surface area is 128 Å². The number of ether oxygens (including phenoxy) is 3. The number of ketones is 1. The SMILES string of the molecule is COc1cccc(OC)c1OCC(=O)c1cc(C)sc1C. The Morgan fingerprint density at radius 2 is 1.76 bits per heavy atom. The number of Topliss-reactive ketones (excluding diaryl/α,β-unsaturated/α-hetero) is 1. The summed E-state index contributed by atoms with van der Waals surface area (Å²) in [5.74, 6) is 1.48. The maximum Gasteiger partial charge on any atom is 0.203 e. The van der Waals surface area contributed by atoms with Gasteiger partial charge < -0.3 is 14.2 Å². The average Bonchev–Trinajstić information content (AvgIpc) is 2.83. The molecule has 21 heavy (non-hydrogen) atoms. The molecule has 1 aromatic carbocycles. The van der Waals surface area contributed by atoms with Gasteiger partial charge in [-0.2, -0.15) is 0 Å². The number of rotatable bonds is 6. The quantitative estimate of drug-likeness (QED) is 0.764. The Morgan fingerprint density at radius 3 is 2.24 bits per heavy atom. The van der Waals surface area contributed by atoms with E-state index < -0.39 is 0 Å². The molecule has 0 fully saturated rings. The molecule has 2 rings (SSSR count). The molecule has 0 bridgehead atoms. The third-order valence-electron chi connectivity index (χ3n) is 3.07. The summed E-state index contributed by atoms with van der Waals surface area (Å²) in [6.45, 7) is 3.88. The molecule has 0 N–H and O–H groups in total. The van der Waals surface area contributed by atoms with Crippen LogP contribution in [0.15, 0.2) is 24.3 Å². The molecule has 0 aliphatic rings. The van der Waals surface area contributed by atoms with Gasteiger partial charge in [0.15, 0.2) is 18.1 Å². The Morgan fingerprint density at radius 1 is 1.14 bits per heavy atom. The third kappa shape index (κ3) is 3.36. The van der Waals surface area contributed by atoms with Gasteiger partial charge in [0.2, 0.25) is 11.5 Å². The molecule has 0 saturated heterocycles. The molecule has 0 radical (unpaired) electrons. The molecule has 112 valence electrons. The van der Waals surface area contributed by atoms with Crippen LogP contribution in [0.2, 0.25) is 0 Å². The zero-order valence-electron chi connectivity index (χ0n) is 12.6. The van der Waals surface area contributed by atoms with Crippen molar-refractivity contribution in [1.29, 1.82) is 0 Å².